The van der Waals surface area contributed by atoms with Crippen LogP contribution in [0.4, 0.5) is 0 Å². The number of fused-ring (bicyclic) bond motifs is 1. The third-order valence-electron chi connectivity index (χ3n) is 4.60. The molecule has 1 aromatic carbocycles. The van der Waals surface area contributed by atoms with Gasteiger partial charge in [0.15, 0.2) is 0 Å². The first-order valence-electron chi connectivity index (χ1n) is 8.50. The van der Waals surface area contributed by atoms with E-state index in [1.165, 1.54) is 6.26 Å². The number of hydrogen-bond donors (Lipinski definition) is 3. The van der Waals surface area contributed by atoms with Crippen LogP contribution in [0, 0.1) is 0 Å². The number of carbonyl (C=O) groups is 2. The summed E-state index contributed by atoms with van der Waals surface area (Å²) in [5.74, 6) is -0.268. The molecule has 1 aliphatic rings. The fourth-order valence-electron chi connectivity index (χ4n) is 3.22. The number of benzene rings is 1. The van der Waals surface area contributed by atoms with Crippen LogP contribution in [0.15, 0.2) is 41.0 Å². The first kappa shape index (κ1) is 18.0. The quantitative estimate of drug-likeness (QED) is 0.698. The number of amides is 2. The Morgan fingerprint density at radius 2 is 2.08 bits per heavy atom. The summed E-state index contributed by atoms with van der Waals surface area (Å²) >= 11 is 0. The summed E-state index contributed by atoms with van der Waals surface area (Å²) in [5, 5.41) is 16.0. The van der Waals surface area contributed by atoms with E-state index >= 15 is 0 Å². The van der Waals surface area contributed by atoms with Crippen molar-refractivity contribution in [1.29, 1.82) is 0 Å². The maximum atomic E-state index is 12.0. The molecular formula is C19H22N2O5. The summed E-state index contributed by atoms with van der Waals surface area (Å²) in [6.45, 7) is 0.103. The summed E-state index contributed by atoms with van der Waals surface area (Å²) in [4.78, 5) is 23.9. The second-order valence-electron chi connectivity index (χ2n) is 6.35. The van der Waals surface area contributed by atoms with Crippen molar-refractivity contribution >= 4 is 11.8 Å². The minimum absolute atomic E-state index is 0.0284. The summed E-state index contributed by atoms with van der Waals surface area (Å²) in [7, 11) is 1.60. The molecule has 2 aromatic rings. The van der Waals surface area contributed by atoms with E-state index in [1.807, 2.05) is 12.1 Å². The Hall–Kier alpha value is -2.80. The van der Waals surface area contributed by atoms with E-state index in [1.54, 1.807) is 25.3 Å². The van der Waals surface area contributed by atoms with Crippen molar-refractivity contribution < 1.29 is 23.8 Å². The van der Waals surface area contributed by atoms with Crippen LogP contribution in [0.1, 0.15) is 29.7 Å². The molecule has 0 radical (unpaired) electrons. The Bertz CT molecular complexity index is 787. The molecule has 138 valence electrons. The van der Waals surface area contributed by atoms with Crippen molar-refractivity contribution in [2.45, 2.75) is 31.4 Å². The molecule has 1 aliphatic carbocycles. The number of aryl methyl sites for hydroxylation is 1. The predicted molar refractivity (Wildman–Crippen MR) is 93.4 cm³/mol. The predicted octanol–water partition coefficient (Wildman–Crippen LogP) is 1.24. The molecule has 1 aromatic heterocycles. The Kier molecular flexibility index (Phi) is 5.27. The van der Waals surface area contributed by atoms with Gasteiger partial charge in [-0.2, -0.15) is 0 Å². The highest BCUT2D eigenvalue weighted by molar-refractivity contribution is 6.35. The highest BCUT2D eigenvalue weighted by atomic mass is 16.5. The summed E-state index contributed by atoms with van der Waals surface area (Å²) in [5.41, 5.74) is 0.562. The van der Waals surface area contributed by atoms with Crippen LogP contribution in [0.3, 0.4) is 0 Å². The Morgan fingerprint density at radius 3 is 2.81 bits per heavy atom. The van der Waals surface area contributed by atoms with Crippen LogP contribution in [-0.4, -0.2) is 30.6 Å². The van der Waals surface area contributed by atoms with Crippen molar-refractivity contribution in [2.75, 3.05) is 13.7 Å². The SMILES string of the molecule is COc1ccc2c(c1)CCCC2(O)CNC(=O)C(=O)NCc1ccco1. The zero-order valence-corrected chi connectivity index (χ0v) is 14.6. The van der Waals surface area contributed by atoms with Crippen LogP contribution in [0.25, 0.3) is 0 Å². The van der Waals surface area contributed by atoms with Gasteiger partial charge in [0.05, 0.1) is 26.5 Å². The number of rotatable bonds is 5. The molecule has 26 heavy (non-hydrogen) atoms. The Morgan fingerprint density at radius 1 is 1.27 bits per heavy atom. The monoisotopic (exact) mass is 358 g/mol. The molecule has 0 aliphatic heterocycles. The molecule has 7 heteroatoms. The van der Waals surface area contributed by atoms with Gasteiger partial charge >= 0.3 is 11.8 Å². The van der Waals surface area contributed by atoms with E-state index in [4.69, 9.17) is 9.15 Å². The van der Waals surface area contributed by atoms with Gasteiger partial charge < -0.3 is 24.9 Å². The van der Waals surface area contributed by atoms with E-state index in [-0.39, 0.29) is 13.1 Å². The van der Waals surface area contributed by atoms with Crippen molar-refractivity contribution in [3.8, 4) is 5.75 Å². The van der Waals surface area contributed by atoms with Crippen molar-refractivity contribution in [2.24, 2.45) is 0 Å². The van der Waals surface area contributed by atoms with Gasteiger partial charge in [-0.25, -0.2) is 0 Å². The van der Waals surface area contributed by atoms with Crippen LogP contribution >= 0.6 is 0 Å². The summed E-state index contributed by atoms with van der Waals surface area (Å²) < 4.78 is 10.3. The molecular weight excluding hydrogens is 336 g/mol. The van der Waals surface area contributed by atoms with Crippen LogP contribution in [-0.2, 0) is 28.2 Å². The topological polar surface area (TPSA) is 101 Å². The minimum Gasteiger partial charge on any atom is -0.497 e. The zero-order valence-electron chi connectivity index (χ0n) is 14.6. The molecule has 1 heterocycles. The van der Waals surface area contributed by atoms with Crippen LogP contribution in [0.5, 0.6) is 5.75 Å². The molecule has 0 spiro atoms. The van der Waals surface area contributed by atoms with Gasteiger partial charge in [0.2, 0.25) is 0 Å². The fourth-order valence-corrected chi connectivity index (χ4v) is 3.22. The number of aliphatic hydroxyl groups is 1. The van der Waals surface area contributed by atoms with E-state index in [9.17, 15) is 14.7 Å². The number of hydrogen-bond acceptors (Lipinski definition) is 5. The lowest BCUT2D eigenvalue weighted by Crippen LogP contribution is -2.47. The van der Waals surface area contributed by atoms with Crippen LogP contribution < -0.4 is 15.4 Å². The van der Waals surface area contributed by atoms with Gasteiger partial charge in [-0.05, 0) is 54.7 Å². The van der Waals surface area contributed by atoms with E-state index in [0.29, 0.717) is 12.2 Å². The standard InChI is InChI=1S/C19H22N2O5/c1-25-14-6-7-16-13(10-14)4-2-8-19(16,24)12-21-18(23)17(22)20-11-15-5-3-9-26-15/h3,5-7,9-10,24H,2,4,8,11-12H2,1H3,(H,20,22)(H,21,23). The van der Waals surface area contributed by atoms with E-state index in [2.05, 4.69) is 10.6 Å². The van der Waals surface area contributed by atoms with Gasteiger partial charge in [0.1, 0.15) is 17.1 Å². The second kappa shape index (κ2) is 7.61. The van der Waals surface area contributed by atoms with Gasteiger partial charge in [-0.3, -0.25) is 9.59 Å². The third kappa shape index (κ3) is 3.88. The largest absolute Gasteiger partial charge is 0.497 e. The molecule has 3 N–H and O–H groups in total. The summed E-state index contributed by atoms with van der Waals surface area (Å²) in [6.07, 6.45) is 3.64. The normalized spacial score (nSPS) is 18.7. The van der Waals surface area contributed by atoms with Crippen molar-refractivity contribution in [1.82, 2.24) is 10.6 Å². The third-order valence-corrected chi connectivity index (χ3v) is 4.60. The lowest BCUT2D eigenvalue weighted by molar-refractivity contribution is -0.140. The molecule has 0 saturated heterocycles. The smallest absolute Gasteiger partial charge is 0.309 e. The average molecular weight is 358 g/mol. The molecule has 1 unspecified atom stereocenters. The Balaban J connectivity index is 1.60. The van der Waals surface area contributed by atoms with Gasteiger partial charge in [0, 0.05) is 0 Å². The fraction of sp³-hybridized carbons (Fsp3) is 0.368. The number of nitrogens with one attached hydrogen (secondary N) is 2. The highest BCUT2D eigenvalue weighted by Gasteiger charge is 2.35. The molecule has 2 amide bonds. The summed E-state index contributed by atoms with van der Waals surface area (Å²) in [6, 6.07) is 8.90. The minimum atomic E-state index is -1.20. The van der Waals surface area contributed by atoms with Gasteiger partial charge in [-0.15, -0.1) is 0 Å². The molecule has 3 rings (SSSR count). The first-order valence-corrected chi connectivity index (χ1v) is 8.50. The van der Waals surface area contributed by atoms with E-state index in [0.717, 1.165) is 29.7 Å². The molecule has 7 nitrogen and oxygen atoms in total. The number of ether oxygens (including phenoxy) is 1. The number of methoxy groups -OCH3 is 1. The molecule has 0 bridgehead atoms. The van der Waals surface area contributed by atoms with Gasteiger partial charge in [-0.1, -0.05) is 6.07 Å². The highest BCUT2D eigenvalue weighted by Crippen LogP contribution is 2.36. The van der Waals surface area contributed by atoms with Gasteiger partial charge in [0.25, 0.3) is 0 Å². The van der Waals surface area contributed by atoms with Crippen molar-refractivity contribution in [3.63, 3.8) is 0 Å². The number of furan rings is 1. The Labute approximate surface area is 151 Å². The van der Waals surface area contributed by atoms with E-state index < -0.39 is 17.4 Å². The molecule has 0 fully saturated rings. The first-order chi connectivity index (χ1) is 12.5. The molecule has 1 atom stereocenters. The maximum absolute atomic E-state index is 12.0. The second-order valence-corrected chi connectivity index (χ2v) is 6.35. The van der Waals surface area contributed by atoms with Crippen LogP contribution in [0.2, 0.25) is 0 Å². The maximum Gasteiger partial charge on any atom is 0.309 e. The number of carbonyl (C=O) groups excluding carboxylic acids is 2. The molecule has 0 saturated carbocycles. The zero-order chi connectivity index (χ0) is 18.6. The average Bonchev–Trinajstić information content (AvgIpc) is 3.17. The lowest BCUT2D eigenvalue weighted by atomic mass is 9.79. The lowest BCUT2D eigenvalue weighted by Gasteiger charge is -2.34. The van der Waals surface area contributed by atoms with Crippen molar-refractivity contribution in [3.05, 3.63) is 53.5 Å².